The number of methoxy groups -OCH3 is 1. The van der Waals surface area contributed by atoms with E-state index in [0.29, 0.717) is 42.1 Å². The second-order valence-electron chi connectivity index (χ2n) is 10.4. The highest BCUT2D eigenvalue weighted by Crippen LogP contribution is 2.37. The Morgan fingerprint density at radius 3 is 2.51 bits per heavy atom. The molecule has 3 aromatic carbocycles. The molecule has 0 spiro atoms. The largest absolute Gasteiger partial charge is 0.496 e. The van der Waals surface area contributed by atoms with Crippen LogP contribution in [0.1, 0.15) is 42.1 Å². The molecule has 3 N–H and O–H groups in total. The first-order valence-electron chi connectivity index (χ1n) is 13.9. The summed E-state index contributed by atoms with van der Waals surface area (Å²) in [6.45, 7) is 2.27. The number of carbonyl (C=O) groups is 4. The molecule has 1 unspecified atom stereocenters. The van der Waals surface area contributed by atoms with E-state index in [9.17, 15) is 19.2 Å². The minimum absolute atomic E-state index is 0.000122. The number of amides is 4. The van der Waals surface area contributed by atoms with Gasteiger partial charge in [-0.3, -0.25) is 19.2 Å². The zero-order valence-corrected chi connectivity index (χ0v) is 23.5. The lowest BCUT2D eigenvalue weighted by Gasteiger charge is -2.27. The molecule has 0 saturated heterocycles. The van der Waals surface area contributed by atoms with Crippen LogP contribution < -0.4 is 30.5 Å². The molecule has 4 amide bonds. The van der Waals surface area contributed by atoms with Crippen molar-refractivity contribution >= 4 is 45.8 Å². The van der Waals surface area contributed by atoms with Crippen LogP contribution in [-0.4, -0.2) is 63.0 Å². The number of hydrogen-bond donors (Lipinski definition) is 3. The maximum atomic E-state index is 14.3. The van der Waals surface area contributed by atoms with Crippen LogP contribution in [0.15, 0.2) is 54.6 Å². The second-order valence-corrected chi connectivity index (χ2v) is 10.4. The summed E-state index contributed by atoms with van der Waals surface area (Å²) in [6.07, 6.45) is 1.40. The van der Waals surface area contributed by atoms with Gasteiger partial charge in [0.2, 0.25) is 11.8 Å². The van der Waals surface area contributed by atoms with E-state index in [0.717, 1.165) is 16.3 Å². The molecule has 10 heteroatoms. The van der Waals surface area contributed by atoms with Gasteiger partial charge in [0.15, 0.2) is 0 Å². The number of benzene rings is 3. The molecule has 0 saturated carbocycles. The molecule has 214 valence electrons. The Balaban J connectivity index is 1.69. The van der Waals surface area contributed by atoms with Gasteiger partial charge in [0.1, 0.15) is 11.8 Å². The maximum Gasteiger partial charge on any atom is 0.251 e. The van der Waals surface area contributed by atoms with Gasteiger partial charge in [-0.25, -0.2) is 0 Å². The van der Waals surface area contributed by atoms with Crippen LogP contribution in [0.4, 0.5) is 11.4 Å². The first-order valence-corrected chi connectivity index (χ1v) is 13.9. The topological polar surface area (TPSA) is 120 Å². The van der Waals surface area contributed by atoms with Crippen molar-refractivity contribution in [1.82, 2.24) is 16.0 Å². The summed E-state index contributed by atoms with van der Waals surface area (Å²) in [5, 5.41) is 10.4. The number of fused-ring (bicyclic) bond motifs is 7. The maximum absolute atomic E-state index is 14.3. The van der Waals surface area contributed by atoms with E-state index in [4.69, 9.17) is 4.74 Å². The fraction of sp³-hybridized carbons (Fsp3) is 0.355. The number of hydrogen-bond acceptors (Lipinski definition) is 6. The fourth-order valence-corrected chi connectivity index (χ4v) is 5.39. The van der Waals surface area contributed by atoms with Gasteiger partial charge in [0.25, 0.3) is 11.8 Å². The Kier molecular flexibility index (Phi) is 8.21. The van der Waals surface area contributed by atoms with E-state index < -0.39 is 12.1 Å². The predicted octanol–water partition coefficient (Wildman–Crippen LogP) is 2.73. The molecule has 6 bridgehead atoms. The molecule has 3 heterocycles. The third kappa shape index (κ3) is 5.60. The van der Waals surface area contributed by atoms with E-state index in [-0.39, 0.29) is 43.1 Å². The molecule has 2 atom stereocenters. The van der Waals surface area contributed by atoms with Gasteiger partial charge in [-0.2, -0.15) is 0 Å². The molecular formula is C31H35N5O5. The smallest absolute Gasteiger partial charge is 0.251 e. The van der Waals surface area contributed by atoms with E-state index >= 15 is 0 Å². The predicted molar refractivity (Wildman–Crippen MR) is 157 cm³/mol. The summed E-state index contributed by atoms with van der Waals surface area (Å²) in [5.41, 5.74) is 2.45. The molecule has 3 aromatic rings. The molecule has 10 nitrogen and oxygen atoms in total. The Hall–Kier alpha value is -4.44. The van der Waals surface area contributed by atoms with Crippen molar-refractivity contribution in [1.29, 1.82) is 0 Å². The van der Waals surface area contributed by atoms with Crippen molar-refractivity contribution in [2.75, 3.05) is 37.0 Å². The van der Waals surface area contributed by atoms with Crippen LogP contribution in [0.5, 0.6) is 5.75 Å². The lowest BCUT2D eigenvalue weighted by atomic mass is 9.99. The monoisotopic (exact) mass is 557 g/mol. The van der Waals surface area contributed by atoms with Gasteiger partial charge in [-0.1, -0.05) is 24.3 Å². The number of carbonyl (C=O) groups excluding carboxylic acids is 4. The van der Waals surface area contributed by atoms with E-state index in [2.05, 4.69) is 16.0 Å². The van der Waals surface area contributed by atoms with Crippen molar-refractivity contribution in [2.24, 2.45) is 0 Å². The zero-order chi connectivity index (χ0) is 29.1. The van der Waals surface area contributed by atoms with Gasteiger partial charge in [0.05, 0.1) is 37.6 Å². The Bertz CT molecular complexity index is 1510. The fourth-order valence-electron chi connectivity index (χ4n) is 5.39. The van der Waals surface area contributed by atoms with Crippen LogP contribution in [-0.2, 0) is 20.9 Å². The molecule has 0 fully saturated rings. The van der Waals surface area contributed by atoms with E-state index in [1.54, 1.807) is 36.9 Å². The molecule has 6 rings (SSSR count). The number of nitrogens with zero attached hydrogens (tertiary/aromatic N) is 2. The molecule has 3 aliphatic heterocycles. The second kappa shape index (κ2) is 12.0. The van der Waals surface area contributed by atoms with Crippen molar-refractivity contribution in [3.05, 3.63) is 65.7 Å². The number of para-hydroxylation sites is 2. The number of rotatable bonds is 4. The third-order valence-corrected chi connectivity index (χ3v) is 7.83. The van der Waals surface area contributed by atoms with Crippen molar-refractivity contribution in [2.45, 2.75) is 44.8 Å². The number of nitrogens with one attached hydrogen (secondary N) is 3. The standard InChI is InChI=1S/C31H35N5O5/c1-19(32-2)29(38)34-24-18-35-25-8-4-5-9-26(25)36(31(24)40)17-23-22-13-11-21(16-20(22)12-14-27(23)41-3)30(39)33-15-7-6-10-28(35)37/h4-5,8-9,11-14,16,19,24,32H,6-7,10,15,17-18H2,1-3H3,(H,33,39)(H,34,38)/t19-,24?/m0/s1. The first kappa shape index (κ1) is 28.1. The van der Waals surface area contributed by atoms with E-state index in [1.165, 1.54) is 0 Å². The van der Waals surface area contributed by atoms with Crippen LogP contribution in [0.25, 0.3) is 10.8 Å². The molecule has 0 aliphatic carbocycles. The Labute approximate surface area is 239 Å². The number of anilines is 2. The summed E-state index contributed by atoms with van der Waals surface area (Å²) >= 11 is 0. The molecule has 3 aliphatic rings. The summed E-state index contributed by atoms with van der Waals surface area (Å²) in [5.74, 6) is -0.422. The quantitative estimate of drug-likeness (QED) is 0.454. The SMILES string of the molecule is CN[C@@H](C)C(=O)NC1CN2C(=O)CCCCNC(=O)c3ccc4c(c(OC)ccc4c3)CN(C1=O)c1ccccc12. The summed E-state index contributed by atoms with van der Waals surface area (Å²) in [7, 11) is 3.25. The van der Waals surface area contributed by atoms with Gasteiger partial charge >= 0.3 is 0 Å². The van der Waals surface area contributed by atoms with Crippen LogP contribution >= 0.6 is 0 Å². The van der Waals surface area contributed by atoms with Gasteiger partial charge in [-0.15, -0.1) is 0 Å². The average molecular weight is 558 g/mol. The van der Waals surface area contributed by atoms with Crippen LogP contribution in [0.2, 0.25) is 0 Å². The lowest BCUT2D eigenvalue weighted by molar-refractivity contribution is -0.128. The highest BCUT2D eigenvalue weighted by Gasteiger charge is 2.37. The average Bonchev–Trinajstić information content (AvgIpc) is 3.10. The van der Waals surface area contributed by atoms with Gasteiger partial charge in [-0.05, 0) is 67.9 Å². The van der Waals surface area contributed by atoms with Crippen molar-refractivity contribution < 1.29 is 23.9 Å². The Morgan fingerprint density at radius 1 is 1.02 bits per heavy atom. The van der Waals surface area contributed by atoms with Crippen LogP contribution in [0.3, 0.4) is 0 Å². The summed E-state index contributed by atoms with van der Waals surface area (Å²) in [6, 6.07) is 15.0. The van der Waals surface area contributed by atoms with E-state index in [1.807, 2.05) is 48.5 Å². The minimum Gasteiger partial charge on any atom is -0.496 e. The molecular weight excluding hydrogens is 522 g/mol. The minimum atomic E-state index is -0.972. The highest BCUT2D eigenvalue weighted by molar-refractivity contribution is 6.08. The molecule has 0 aromatic heterocycles. The van der Waals surface area contributed by atoms with Crippen LogP contribution in [0, 0.1) is 0 Å². The van der Waals surface area contributed by atoms with Crippen molar-refractivity contribution in [3.8, 4) is 5.75 Å². The first-order chi connectivity index (χ1) is 19.8. The van der Waals surface area contributed by atoms with Gasteiger partial charge in [0, 0.05) is 24.1 Å². The summed E-state index contributed by atoms with van der Waals surface area (Å²) < 4.78 is 5.73. The molecule has 41 heavy (non-hydrogen) atoms. The number of ether oxygens (including phenoxy) is 1. The number of likely N-dealkylation sites (N-methyl/N-ethyl adjacent to an activating group) is 1. The Morgan fingerprint density at radius 2 is 1.78 bits per heavy atom. The van der Waals surface area contributed by atoms with Crippen molar-refractivity contribution in [3.63, 3.8) is 0 Å². The van der Waals surface area contributed by atoms with Gasteiger partial charge < -0.3 is 30.5 Å². The normalized spacial score (nSPS) is 18.6. The zero-order valence-electron chi connectivity index (χ0n) is 23.5. The lowest BCUT2D eigenvalue weighted by Crippen LogP contribution is -2.55. The highest BCUT2D eigenvalue weighted by atomic mass is 16.5. The summed E-state index contributed by atoms with van der Waals surface area (Å²) in [4.78, 5) is 56.9. The molecule has 0 radical (unpaired) electrons. The third-order valence-electron chi connectivity index (χ3n) is 7.83.